The van der Waals surface area contributed by atoms with Gasteiger partial charge in [-0.25, -0.2) is 12.8 Å². The Morgan fingerprint density at radius 2 is 1.82 bits per heavy atom. The van der Waals surface area contributed by atoms with Gasteiger partial charge in [-0.3, -0.25) is 9.59 Å². The molecule has 2 aliphatic carbocycles. The smallest absolute Gasteiger partial charge is 0.258 e. The van der Waals surface area contributed by atoms with Crippen molar-refractivity contribution >= 4 is 26.7 Å². The minimum Gasteiger partial charge on any atom is -0.349 e. The first kappa shape index (κ1) is 25.2. The monoisotopic (exact) mass is 538 g/mol. The fraction of sp³-hybridized carbons (Fsp3) is 0.429. The highest BCUT2D eigenvalue weighted by atomic mass is 32.2. The standard InChI is InChI=1S/C28H31FN4O4S/c1-17-23(13-20(14-25(17)29)27(34)31-21-5-6-21)19-4-7-22-24(12-19)26(16-32(28(22)35)15-18-2-3-18)38(36,37)33-10-8-30-9-11-33/h4,7,12-14,16,18,21,30H,2-3,5-6,8-11,15H2,1H3,(H,31,34). The van der Waals surface area contributed by atoms with Crippen LogP contribution in [0.25, 0.3) is 21.9 Å². The zero-order valence-electron chi connectivity index (χ0n) is 21.3. The van der Waals surface area contributed by atoms with E-state index in [0.717, 1.165) is 25.7 Å². The van der Waals surface area contributed by atoms with Crippen molar-refractivity contribution in [3.8, 4) is 11.1 Å². The van der Waals surface area contributed by atoms with E-state index in [-0.39, 0.29) is 28.0 Å². The maximum Gasteiger partial charge on any atom is 0.258 e. The third-order valence-electron chi connectivity index (χ3n) is 7.73. The molecule has 3 fully saturated rings. The van der Waals surface area contributed by atoms with E-state index in [1.807, 2.05) is 0 Å². The first-order valence-corrected chi connectivity index (χ1v) is 14.7. The summed E-state index contributed by atoms with van der Waals surface area (Å²) >= 11 is 0. The molecule has 8 nitrogen and oxygen atoms in total. The van der Waals surface area contributed by atoms with Crippen molar-refractivity contribution in [2.45, 2.75) is 50.1 Å². The van der Waals surface area contributed by atoms with E-state index in [0.29, 0.717) is 66.1 Å². The summed E-state index contributed by atoms with van der Waals surface area (Å²) in [6, 6.07) is 7.98. The van der Waals surface area contributed by atoms with E-state index in [9.17, 15) is 22.4 Å². The fourth-order valence-electron chi connectivity index (χ4n) is 5.08. The minimum absolute atomic E-state index is 0.0808. The third kappa shape index (κ3) is 4.76. The highest BCUT2D eigenvalue weighted by Crippen LogP contribution is 2.34. The van der Waals surface area contributed by atoms with Crippen molar-refractivity contribution in [2.24, 2.45) is 5.92 Å². The number of nitrogens with one attached hydrogen (secondary N) is 2. The van der Waals surface area contributed by atoms with Crippen LogP contribution in [0.2, 0.25) is 0 Å². The molecule has 0 spiro atoms. The van der Waals surface area contributed by atoms with Crippen molar-refractivity contribution in [2.75, 3.05) is 26.2 Å². The summed E-state index contributed by atoms with van der Waals surface area (Å²) < 4.78 is 45.7. The summed E-state index contributed by atoms with van der Waals surface area (Å²) in [6.45, 7) is 3.91. The molecule has 2 N–H and O–H groups in total. The summed E-state index contributed by atoms with van der Waals surface area (Å²) in [6.07, 6.45) is 5.37. The normalized spacial score (nSPS) is 18.6. The number of fused-ring (bicyclic) bond motifs is 1. The average Bonchev–Trinajstić information content (AvgIpc) is 3.85. The number of amides is 1. The number of carbonyl (C=O) groups is 1. The van der Waals surface area contributed by atoms with Crippen LogP contribution in [0.1, 0.15) is 41.6 Å². The topological polar surface area (TPSA) is 101 Å². The zero-order chi connectivity index (χ0) is 26.6. The number of aromatic nitrogens is 1. The molecule has 0 unspecified atom stereocenters. The molecule has 3 aromatic rings. The molecular formula is C28H31FN4O4S. The lowest BCUT2D eigenvalue weighted by molar-refractivity contribution is 0.0950. The van der Waals surface area contributed by atoms with Crippen molar-refractivity contribution in [3.63, 3.8) is 0 Å². The molecule has 38 heavy (non-hydrogen) atoms. The van der Waals surface area contributed by atoms with E-state index < -0.39 is 15.8 Å². The van der Waals surface area contributed by atoms with E-state index in [4.69, 9.17) is 0 Å². The Bertz CT molecular complexity index is 1600. The molecule has 200 valence electrons. The van der Waals surface area contributed by atoms with Gasteiger partial charge in [0.05, 0.1) is 0 Å². The van der Waals surface area contributed by atoms with Crippen LogP contribution < -0.4 is 16.2 Å². The number of hydrogen-bond donors (Lipinski definition) is 2. The highest BCUT2D eigenvalue weighted by molar-refractivity contribution is 7.89. The highest BCUT2D eigenvalue weighted by Gasteiger charge is 2.31. The molecule has 0 atom stereocenters. The van der Waals surface area contributed by atoms with Gasteiger partial charge in [0.25, 0.3) is 11.5 Å². The van der Waals surface area contributed by atoms with Crippen molar-refractivity contribution in [3.05, 3.63) is 63.8 Å². The molecule has 2 heterocycles. The third-order valence-corrected chi connectivity index (χ3v) is 9.65. The molecule has 0 radical (unpaired) electrons. The second kappa shape index (κ2) is 9.59. The molecule has 10 heteroatoms. The lowest BCUT2D eigenvalue weighted by atomic mass is 9.95. The van der Waals surface area contributed by atoms with Crippen LogP contribution in [0, 0.1) is 18.7 Å². The fourth-order valence-corrected chi connectivity index (χ4v) is 6.72. The van der Waals surface area contributed by atoms with Gasteiger partial charge in [-0.1, -0.05) is 6.07 Å². The predicted molar refractivity (Wildman–Crippen MR) is 143 cm³/mol. The van der Waals surface area contributed by atoms with Gasteiger partial charge in [0.1, 0.15) is 10.7 Å². The number of rotatable bonds is 7. The van der Waals surface area contributed by atoms with Gasteiger partial charge in [-0.05, 0) is 79.5 Å². The first-order valence-electron chi connectivity index (χ1n) is 13.2. The van der Waals surface area contributed by atoms with Crippen LogP contribution in [-0.2, 0) is 16.6 Å². The number of piperazine rings is 1. The van der Waals surface area contributed by atoms with Crippen LogP contribution in [0.15, 0.2) is 46.2 Å². The largest absolute Gasteiger partial charge is 0.349 e. The Balaban J connectivity index is 1.51. The Hall–Kier alpha value is -3.08. The maximum atomic E-state index is 15.0. The van der Waals surface area contributed by atoms with Crippen molar-refractivity contribution in [1.82, 2.24) is 19.5 Å². The Kier molecular flexibility index (Phi) is 6.36. The Morgan fingerprint density at radius 3 is 2.50 bits per heavy atom. The van der Waals surface area contributed by atoms with E-state index >= 15 is 0 Å². The molecule has 2 saturated carbocycles. The Labute approximate surface area is 220 Å². The molecule has 1 saturated heterocycles. The quantitative estimate of drug-likeness (QED) is 0.482. The van der Waals surface area contributed by atoms with E-state index in [1.165, 1.54) is 21.1 Å². The van der Waals surface area contributed by atoms with Gasteiger partial charge in [0, 0.05) is 61.3 Å². The molecule has 2 aromatic carbocycles. The Morgan fingerprint density at radius 1 is 1.08 bits per heavy atom. The number of nitrogens with zero attached hydrogens (tertiary/aromatic N) is 2. The summed E-state index contributed by atoms with van der Waals surface area (Å²) in [5.74, 6) is -0.468. The van der Waals surface area contributed by atoms with Gasteiger partial charge in [-0.2, -0.15) is 4.31 Å². The van der Waals surface area contributed by atoms with Crippen molar-refractivity contribution < 1.29 is 17.6 Å². The summed E-state index contributed by atoms with van der Waals surface area (Å²) in [4.78, 5) is 26.2. The molecule has 1 aliphatic heterocycles. The second-order valence-electron chi connectivity index (χ2n) is 10.7. The number of pyridine rings is 1. The van der Waals surface area contributed by atoms with E-state index in [2.05, 4.69) is 10.6 Å². The molecule has 1 amide bonds. The first-order chi connectivity index (χ1) is 18.2. The minimum atomic E-state index is -3.89. The summed E-state index contributed by atoms with van der Waals surface area (Å²) in [5.41, 5.74) is 1.36. The summed E-state index contributed by atoms with van der Waals surface area (Å²) in [5, 5.41) is 6.68. The van der Waals surface area contributed by atoms with Crippen LogP contribution >= 0.6 is 0 Å². The van der Waals surface area contributed by atoms with Gasteiger partial charge in [0.15, 0.2) is 0 Å². The van der Waals surface area contributed by atoms with Gasteiger partial charge >= 0.3 is 0 Å². The van der Waals surface area contributed by atoms with E-state index in [1.54, 1.807) is 31.2 Å². The van der Waals surface area contributed by atoms with Gasteiger partial charge < -0.3 is 15.2 Å². The lowest BCUT2D eigenvalue weighted by Crippen LogP contribution is -2.46. The SMILES string of the molecule is Cc1c(F)cc(C(=O)NC2CC2)cc1-c1ccc2c(=O)n(CC3CC3)cc(S(=O)(=O)N3CCNCC3)c2c1. The predicted octanol–water partition coefficient (Wildman–Crippen LogP) is 3.01. The lowest BCUT2D eigenvalue weighted by Gasteiger charge is -2.27. The van der Waals surface area contributed by atoms with Crippen LogP contribution in [0.3, 0.4) is 0 Å². The maximum absolute atomic E-state index is 15.0. The van der Waals surface area contributed by atoms with Crippen LogP contribution in [0.5, 0.6) is 0 Å². The molecule has 3 aliphatic rings. The zero-order valence-corrected chi connectivity index (χ0v) is 22.1. The number of sulfonamides is 1. The van der Waals surface area contributed by atoms with Gasteiger partial charge in [-0.15, -0.1) is 0 Å². The molecule has 0 bridgehead atoms. The number of benzene rings is 2. The number of halogens is 1. The second-order valence-corrected chi connectivity index (χ2v) is 12.6. The molecular weight excluding hydrogens is 507 g/mol. The number of hydrogen-bond acceptors (Lipinski definition) is 5. The van der Waals surface area contributed by atoms with Crippen LogP contribution in [-0.4, -0.2) is 55.4 Å². The average molecular weight is 539 g/mol. The van der Waals surface area contributed by atoms with Crippen molar-refractivity contribution in [1.29, 1.82) is 0 Å². The molecule has 1 aromatic heterocycles. The summed E-state index contributed by atoms with van der Waals surface area (Å²) in [7, 11) is -3.89. The molecule has 6 rings (SSSR count). The van der Waals surface area contributed by atoms with Gasteiger partial charge in [0.2, 0.25) is 10.0 Å². The van der Waals surface area contributed by atoms with Crippen LogP contribution in [0.4, 0.5) is 4.39 Å². The number of carbonyl (C=O) groups excluding carboxylic acids is 1.